The number of hydrogen-bond donors (Lipinski definition) is 1. The Morgan fingerprint density at radius 2 is 2.30 bits per heavy atom. The second kappa shape index (κ2) is 6.41. The number of rotatable bonds is 5. The summed E-state index contributed by atoms with van der Waals surface area (Å²) in [6.45, 7) is 7.01. The lowest BCUT2D eigenvalue weighted by molar-refractivity contribution is 0.0780. The molecule has 1 heterocycles. The van der Waals surface area contributed by atoms with Crippen LogP contribution in [0, 0.1) is 0 Å². The number of nitrogens with two attached hydrogens (primary N) is 1. The Kier molecular flexibility index (Phi) is 4.83. The van der Waals surface area contributed by atoms with E-state index < -0.39 is 0 Å². The number of amides is 1. The number of benzene rings is 1. The summed E-state index contributed by atoms with van der Waals surface area (Å²) in [4.78, 5) is 15.0. The van der Waals surface area contributed by atoms with E-state index in [0.29, 0.717) is 23.7 Å². The lowest BCUT2D eigenvalue weighted by Gasteiger charge is -2.19. The second-order valence-corrected chi connectivity index (χ2v) is 6.49. The molecule has 3 nitrogen and oxygen atoms in total. The second-order valence-electron chi connectivity index (χ2n) is 4.53. The van der Waals surface area contributed by atoms with Gasteiger partial charge in [0.15, 0.2) is 0 Å². The molecule has 0 saturated carbocycles. The number of carbonyl (C=O) groups excluding carboxylic acids is 1. The van der Waals surface area contributed by atoms with Crippen LogP contribution < -0.4 is 5.73 Å². The highest BCUT2D eigenvalue weighted by atomic mass is 79.9. The number of nitrogens with zero attached hydrogens (tertiary/aromatic N) is 1. The fourth-order valence-electron chi connectivity index (χ4n) is 2.09. The first kappa shape index (κ1) is 15.1. The molecule has 0 spiro atoms. The van der Waals surface area contributed by atoms with Crippen LogP contribution in [0.25, 0.3) is 10.1 Å². The van der Waals surface area contributed by atoms with Crippen LogP contribution in [-0.4, -0.2) is 23.9 Å². The van der Waals surface area contributed by atoms with Crippen LogP contribution >= 0.6 is 27.3 Å². The Hall–Kier alpha value is -1.33. The maximum Gasteiger partial charge on any atom is 0.266 e. The number of fused-ring (bicyclic) bond motifs is 1. The Morgan fingerprint density at radius 1 is 1.55 bits per heavy atom. The van der Waals surface area contributed by atoms with Gasteiger partial charge in [0.1, 0.15) is 4.88 Å². The highest BCUT2D eigenvalue weighted by Crippen LogP contribution is 2.36. The van der Waals surface area contributed by atoms with Gasteiger partial charge >= 0.3 is 0 Å². The maximum atomic E-state index is 12.6. The van der Waals surface area contributed by atoms with E-state index in [1.54, 1.807) is 11.0 Å². The molecule has 0 aliphatic carbocycles. The van der Waals surface area contributed by atoms with Crippen molar-refractivity contribution in [2.75, 3.05) is 18.8 Å². The Balaban J connectivity index is 2.43. The molecule has 1 amide bonds. The fraction of sp³-hybridized carbons (Fsp3) is 0.267. The fourth-order valence-corrected chi connectivity index (χ4v) is 3.74. The van der Waals surface area contributed by atoms with Crippen molar-refractivity contribution in [3.8, 4) is 0 Å². The van der Waals surface area contributed by atoms with Crippen molar-refractivity contribution < 1.29 is 4.79 Å². The normalized spacial score (nSPS) is 10.7. The summed E-state index contributed by atoms with van der Waals surface area (Å²) in [7, 11) is 0. The standard InChI is InChI=1S/C15H17BrN2OS/c1-3-7-18(8-4-2)15(19)14-13(17)11-6-5-10(16)9-12(11)20-14/h3,5-6,9H,1,4,7-8,17H2,2H3. The molecule has 0 radical (unpaired) electrons. The predicted molar refractivity (Wildman–Crippen MR) is 90.3 cm³/mol. The summed E-state index contributed by atoms with van der Waals surface area (Å²) in [5.74, 6) is -0.0124. The van der Waals surface area contributed by atoms with Crippen molar-refractivity contribution in [2.45, 2.75) is 13.3 Å². The molecule has 0 aliphatic rings. The topological polar surface area (TPSA) is 46.3 Å². The van der Waals surface area contributed by atoms with Crippen molar-refractivity contribution in [2.24, 2.45) is 0 Å². The number of carbonyl (C=O) groups is 1. The minimum absolute atomic E-state index is 0.0124. The van der Waals surface area contributed by atoms with E-state index in [4.69, 9.17) is 5.73 Å². The molecular weight excluding hydrogens is 336 g/mol. The van der Waals surface area contributed by atoms with Gasteiger partial charge in [-0.05, 0) is 18.6 Å². The summed E-state index contributed by atoms with van der Waals surface area (Å²) >= 11 is 4.88. The van der Waals surface area contributed by atoms with E-state index in [1.165, 1.54) is 11.3 Å². The van der Waals surface area contributed by atoms with Crippen LogP contribution in [0.4, 0.5) is 5.69 Å². The molecule has 0 bridgehead atoms. The van der Waals surface area contributed by atoms with Gasteiger partial charge in [0.2, 0.25) is 0 Å². The zero-order chi connectivity index (χ0) is 14.7. The quantitative estimate of drug-likeness (QED) is 0.816. The van der Waals surface area contributed by atoms with E-state index in [9.17, 15) is 4.79 Å². The average molecular weight is 353 g/mol. The third-order valence-electron chi connectivity index (χ3n) is 3.01. The SMILES string of the molecule is C=CCN(CCC)C(=O)c1sc2cc(Br)ccc2c1N. The van der Waals surface area contributed by atoms with Crippen LogP contribution in [0.5, 0.6) is 0 Å². The molecule has 0 atom stereocenters. The van der Waals surface area contributed by atoms with E-state index >= 15 is 0 Å². The summed E-state index contributed by atoms with van der Waals surface area (Å²) in [6, 6.07) is 5.87. The molecule has 106 valence electrons. The first-order valence-electron chi connectivity index (χ1n) is 6.46. The Morgan fingerprint density at radius 3 is 2.95 bits per heavy atom. The third kappa shape index (κ3) is 2.88. The number of hydrogen-bond acceptors (Lipinski definition) is 3. The van der Waals surface area contributed by atoms with Crippen molar-refractivity contribution in [1.29, 1.82) is 0 Å². The first-order valence-corrected chi connectivity index (χ1v) is 8.07. The van der Waals surface area contributed by atoms with E-state index in [-0.39, 0.29) is 5.91 Å². The lowest BCUT2D eigenvalue weighted by Crippen LogP contribution is -2.31. The number of nitrogen functional groups attached to an aromatic ring is 1. The number of anilines is 1. The van der Waals surface area contributed by atoms with Crippen LogP contribution in [-0.2, 0) is 0 Å². The molecular formula is C15H17BrN2OS. The van der Waals surface area contributed by atoms with Gasteiger partial charge in [-0.3, -0.25) is 4.79 Å². The average Bonchev–Trinajstić information content (AvgIpc) is 2.74. The molecule has 1 aromatic carbocycles. The minimum atomic E-state index is -0.0124. The van der Waals surface area contributed by atoms with Gasteiger partial charge in [0.25, 0.3) is 5.91 Å². The first-order chi connectivity index (χ1) is 9.58. The molecule has 2 aromatic rings. The van der Waals surface area contributed by atoms with E-state index in [1.807, 2.05) is 18.2 Å². The van der Waals surface area contributed by atoms with Crippen LogP contribution in [0.15, 0.2) is 35.3 Å². The molecule has 0 aliphatic heterocycles. The number of thiophene rings is 1. The molecule has 5 heteroatoms. The van der Waals surface area contributed by atoms with Gasteiger partial charge < -0.3 is 10.6 Å². The molecule has 2 rings (SSSR count). The summed E-state index contributed by atoms with van der Waals surface area (Å²) < 4.78 is 2.01. The van der Waals surface area contributed by atoms with Gasteiger partial charge in [-0.2, -0.15) is 0 Å². The number of halogens is 1. The molecule has 1 aromatic heterocycles. The highest BCUT2D eigenvalue weighted by Gasteiger charge is 2.20. The van der Waals surface area contributed by atoms with Crippen LogP contribution in [0.2, 0.25) is 0 Å². The van der Waals surface area contributed by atoms with E-state index in [0.717, 1.165) is 21.0 Å². The monoisotopic (exact) mass is 352 g/mol. The van der Waals surface area contributed by atoms with Crippen molar-refractivity contribution in [3.05, 3.63) is 40.2 Å². The van der Waals surface area contributed by atoms with Gasteiger partial charge in [-0.25, -0.2) is 0 Å². The molecule has 2 N–H and O–H groups in total. The predicted octanol–water partition coefficient (Wildman–Crippen LogP) is 4.28. The summed E-state index contributed by atoms with van der Waals surface area (Å²) in [6.07, 6.45) is 2.66. The van der Waals surface area contributed by atoms with Crippen LogP contribution in [0.3, 0.4) is 0 Å². The van der Waals surface area contributed by atoms with Gasteiger partial charge in [-0.1, -0.05) is 35.0 Å². The zero-order valence-electron chi connectivity index (χ0n) is 11.4. The Bertz CT molecular complexity index is 651. The van der Waals surface area contributed by atoms with Gasteiger partial charge in [0.05, 0.1) is 5.69 Å². The van der Waals surface area contributed by atoms with Crippen molar-refractivity contribution in [3.63, 3.8) is 0 Å². The van der Waals surface area contributed by atoms with Crippen molar-refractivity contribution in [1.82, 2.24) is 4.90 Å². The van der Waals surface area contributed by atoms with Gasteiger partial charge in [0, 0.05) is 27.6 Å². The molecule has 0 fully saturated rings. The zero-order valence-corrected chi connectivity index (χ0v) is 13.8. The molecule has 0 saturated heterocycles. The molecule has 20 heavy (non-hydrogen) atoms. The van der Waals surface area contributed by atoms with Crippen LogP contribution in [0.1, 0.15) is 23.0 Å². The van der Waals surface area contributed by atoms with Crippen molar-refractivity contribution >= 4 is 48.9 Å². The summed E-state index contributed by atoms with van der Waals surface area (Å²) in [5.41, 5.74) is 6.72. The summed E-state index contributed by atoms with van der Waals surface area (Å²) in [5, 5.41) is 0.941. The van der Waals surface area contributed by atoms with E-state index in [2.05, 4.69) is 29.4 Å². The largest absolute Gasteiger partial charge is 0.397 e. The van der Waals surface area contributed by atoms with Gasteiger partial charge in [-0.15, -0.1) is 17.9 Å². The molecule has 0 unspecified atom stereocenters. The maximum absolute atomic E-state index is 12.6. The third-order valence-corrected chi connectivity index (χ3v) is 4.66. The smallest absolute Gasteiger partial charge is 0.266 e. The highest BCUT2D eigenvalue weighted by molar-refractivity contribution is 9.10. The minimum Gasteiger partial charge on any atom is -0.397 e. The Labute approximate surface area is 131 Å². The lowest BCUT2D eigenvalue weighted by atomic mass is 10.2.